The number of hydrogen-bond donors (Lipinski definition) is 0. The first-order valence-electron chi connectivity index (χ1n) is 14.3. The average Bonchev–Trinajstić information content (AvgIpc) is 3.60. The monoisotopic (exact) mass is 508 g/mol. The molecule has 3 heterocycles. The number of likely N-dealkylation sites (tertiary alicyclic amines) is 1. The van der Waals surface area contributed by atoms with E-state index in [0.717, 1.165) is 36.8 Å². The molecule has 4 rings (SSSR count). The Morgan fingerprint density at radius 2 is 1.76 bits per heavy atom. The first-order valence-corrected chi connectivity index (χ1v) is 14.3. The highest BCUT2D eigenvalue weighted by atomic mass is 16.6. The van der Waals surface area contributed by atoms with Crippen LogP contribution in [0.25, 0.3) is 22.3 Å². The number of aryl methyl sites for hydroxylation is 1. The van der Waals surface area contributed by atoms with Crippen LogP contribution in [0.3, 0.4) is 0 Å². The molecule has 0 radical (unpaired) electrons. The molecule has 0 aliphatic carbocycles. The minimum atomic E-state index is -0.541. The van der Waals surface area contributed by atoms with Gasteiger partial charge >= 0.3 is 6.09 Å². The summed E-state index contributed by atoms with van der Waals surface area (Å²) in [6, 6.07) is 8.17. The summed E-state index contributed by atoms with van der Waals surface area (Å²) in [7, 11) is 0. The Kier molecular flexibility index (Phi) is 9.28. The molecule has 7 heteroatoms. The molecule has 7 nitrogen and oxygen atoms in total. The summed E-state index contributed by atoms with van der Waals surface area (Å²) in [6.07, 6.45) is 15.4. The number of fused-ring (bicyclic) bond motifs is 1. The predicted octanol–water partition coefficient (Wildman–Crippen LogP) is 8.29. The van der Waals surface area contributed by atoms with Gasteiger partial charge in [-0.05, 0) is 46.1 Å². The first-order chi connectivity index (χ1) is 17.9. The number of carbonyl (C=O) groups excluding carboxylic acids is 1. The SMILES string of the molecule is CCCCCCCCCCCn1cc(-c2noc([C@@H]3CCCN3C(=O)OC(C)(C)C)n2)c2ccccc21. The van der Waals surface area contributed by atoms with E-state index in [1.807, 2.05) is 20.8 Å². The minimum absolute atomic E-state index is 0.244. The van der Waals surface area contributed by atoms with E-state index in [2.05, 4.69) is 47.1 Å². The first kappa shape index (κ1) is 27.2. The molecule has 0 N–H and O–H groups in total. The highest BCUT2D eigenvalue weighted by molar-refractivity contribution is 5.94. The highest BCUT2D eigenvalue weighted by Gasteiger charge is 2.36. The van der Waals surface area contributed by atoms with Crippen molar-refractivity contribution in [3.63, 3.8) is 0 Å². The smallest absolute Gasteiger partial charge is 0.410 e. The Labute approximate surface area is 221 Å². The van der Waals surface area contributed by atoms with Crippen LogP contribution < -0.4 is 0 Å². The number of nitrogens with zero attached hydrogens (tertiary/aromatic N) is 4. The lowest BCUT2D eigenvalue weighted by molar-refractivity contribution is 0.0199. The topological polar surface area (TPSA) is 73.4 Å². The van der Waals surface area contributed by atoms with Crippen molar-refractivity contribution in [2.75, 3.05) is 6.54 Å². The molecule has 3 aromatic rings. The second kappa shape index (κ2) is 12.6. The Balaban J connectivity index is 1.41. The molecule has 2 aromatic heterocycles. The van der Waals surface area contributed by atoms with Crippen molar-refractivity contribution in [1.82, 2.24) is 19.6 Å². The van der Waals surface area contributed by atoms with Gasteiger partial charge in [-0.25, -0.2) is 4.79 Å². The van der Waals surface area contributed by atoms with Crippen LogP contribution >= 0.6 is 0 Å². The van der Waals surface area contributed by atoms with Crippen molar-refractivity contribution >= 4 is 17.0 Å². The lowest BCUT2D eigenvalue weighted by Gasteiger charge is -2.26. The Morgan fingerprint density at radius 3 is 2.49 bits per heavy atom. The fraction of sp³-hybridized carbons (Fsp3) is 0.633. The third kappa shape index (κ3) is 7.14. The van der Waals surface area contributed by atoms with Crippen LogP contribution in [0, 0.1) is 0 Å². The molecule has 1 fully saturated rings. The second-order valence-electron chi connectivity index (χ2n) is 11.4. The van der Waals surface area contributed by atoms with Gasteiger partial charge in [0.05, 0.1) is 0 Å². The number of carbonyl (C=O) groups is 1. The van der Waals surface area contributed by atoms with E-state index in [9.17, 15) is 4.79 Å². The molecule has 0 spiro atoms. The average molecular weight is 509 g/mol. The van der Waals surface area contributed by atoms with E-state index in [1.165, 1.54) is 56.9 Å². The van der Waals surface area contributed by atoms with Crippen molar-refractivity contribution < 1.29 is 14.1 Å². The zero-order chi connectivity index (χ0) is 26.3. The van der Waals surface area contributed by atoms with Crippen molar-refractivity contribution in [1.29, 1.82) is 0 Å². The van der Waals surface area contributed by atoms with Crippen molar-refractivity contribution in [3.05, 3.63) is 36.4 Å². The molecule has 0 bridgehead atoms. The molecule has 0 unspecified atom stereocenters. The van der Waals surface area contributed by atoms with Gasteiger partial charge in [0, 0.05) is 35.8 Å². The van der Waals surface area contributed by atoms with Gasteiger partial charge in [0.25, 0.3) is 0 Å². The maximum Gasteiger partial charge on any atom is 0.410 e. The molecule has 1 aliphatic heterocycles. The maximum absolute atomic E-state index is 12.7. The molecule has 1 aromatic carbocycles. The molecule has 1 aliphatic rings. The van der Waals surface area contributed by atoms with Crippen LogP contribution in [0.1, 0.15) is 110 Å². The maximum atomic E-state index is 12.7. The summed E-state index contributed by atoms with van der Waals surface area (Å²) in [5.74, 6) is 1.06. The molecule has 202 valence electrons. The van der Waals surface area contributed by atoms with Gasteiger partial charge in [0.2, 0.25) is 11.7 Å². The molecular weight excluding hydrogens is 464 g/mol. The van der Waals surface area contributed by atoms with Gasteiger partial charge in [-0.3, -0.25) is 4.90 Å². The summed E-state index contributed by atoms with van der Waals surface area (Å²) in [5, 5.41) is 5.46. The largest absolute Gasteiger partial charge is 0.444 e. The van der Waals surface area contributed by atoms with Crippen LogP contribution in [0.4, 0.5) is 4.79 Å². The number of benzene rings is 1. The van der Waals surface area contributed by atoms with Gasteiger partial charge in [-0.2, -0.15) is 4.98 Å². The van der Waals surface area contributed by atoms with Gasteiger partial charge in [-0.15, -0.1) is 0 Å². The lowest BCUT2D eigenvalue weighted by atomic mass is 10.1. The van der Waals surface area contributed by atoms with Crippen molar-refractivity contribution in [2.24, 2.45) is 0 Å². The third-order valence-corrected chi connectivity index (χ3v) is 7.14. The second-order valence-corrected chi connectivity index (χ2v) is 11.4. The normalized spacial score (nSPS) is 16.1. The van der Waals surface area contributed by atoms with Gasteiger partial charge in [0.1, 0.15) is 11.6 Å². The number of aromatic nitrogens is 3. The van der Waals surface area contributed by atoms with E-state index in [0.29, 0.717) is 18.3 Å². The van der Waals surface area contributed by atoms with E-state index in [-0.39, 0.29) is 12.1 Å². The highest BCUT2D eigenvalue weighted by Crippen LogP contribution is 2.35. The summed E-state index contributed by atoms with van der Waals surface area (Å²) in [4.78, 5) is 19.2. The number of unbranched alkanes of at least 4 members (excludes halogenated alkanes) is 8. The fourth-order valence-corrected chi connectivity index (χ4v) is 5.25. The van der Waals surface area contributed by atoms with E-state index < -0.39 is 5.60 Å². The van der Waals surface area contributed by atoms with E-state index >= 15 is 0 Å². The van der Waals surface area contributed by atoms with Crippen LogP contribution in [0.2, 0.25) is 0 Å². The molecule has 1 atom stereocenters. The quantitative estimate of drug-likeness (QED) is 0.230. The zero-order valence-electron chi connectivity index (χ0n) is 23.2. The standard InChI is InChI=1S/C30H44N4O3/c1-5-6-7-8-9-10-11-12-15-20-33-22-24(23-17-13-14-18-25(23)33)27-31-28(37-32-27)26-19-16-21-34(26)29(35)36-30(2,3)4/h13-14,17-18,22,26H,5-12,15-16,19-21H2,1-4H3/t26-/m0/s1. The Hall–Kier alpha value is -2.83. The predicted molar refractivity (Wildman–Crippen MR) is 147 cm³/mol. The van der Waals surface area contributed by atoms with Crippen LogP contribution in [0.5, 0.6) is 0 Å². The van der Waals surface area contributed by atoms with E-state index in [4.69, 9.17) is 14.2 Å². The van der Waals surface area contributed by atoms with Crippen molar-refractivity contribution in [2.45, 2.75) is 117 Å². The Bertz CT molecular complexity index is 1140. The van der Waals surface area contributed by atoms with Gasteiger partial charge in [0.15, 0.2) is 0 Å². The summed E-state index contributed by atoms with van der Waals surface area (Å²) < 4.78 is 13.6. The molecule has 1 amide bonds. The number of para-hydroxylation sites is 1. The minimum Gasteiger partial charge on any atom is -0.444 e. The molecule has 37 heavy (non-hydrogen) atoms. The van der Waals surface area contributed by atoms with Gasteiger partial charge in [-0.1, -0.05) is 81.6 Å². The molecule has 0 saturated carbocycles. The fourth-order valence-electron chi connectivity index (χ4n) is 5.25. The Morgan fingerprint density at radius 1 is 1.05 bits per heavy atom. The van der Waals surface area contributed by atoms with Crippen LogP contribution in [-0.4, -0.2) is 37.8 Å². The van der Waals surface area contributed by atoms with Crippen molar-refractivity contribution in [3.8, 4) is 11.4 Å². The number of rotatable bonds is 12. The lowest BCUT2D eigenvalue weighted by Crippen LogP contribution is -2.36. The number of ether oxygens (including phenoxy) is 1. The van der Waals surface area contributed by atoms with Crippen LogP contribution in [0.15, 0.2) is 35.0 Å². The third-order valence-electron chi connectivity index (χ3n) is 7.14. The van der Waals surface area contributed by atoms with Crippen LogP contribution in [-0.2, 0) is 11.3 Å². The summed E-state index contributed by atoms with van der Waals surface area (Å²) in [5.41, 5.74) is 1.63. The summed E-state index contributed by atoms with van der Waals surface area (Å²) in [6.45, 7) is 9.52. The molecular formula is C30H44N4O3. The van der Waals surface area contributed by atoms with Gasteiger partial charge < -0.3 is 13.8 Å². The zero-order valence-corrected chi connectivity index (χ0v) is 23.2. The number of amides is 1. The summed E-state index contributed by atoms with van der Waals surface area (Å²) >= 11 is 0. The van der Waals surface area contributed by atoms with E-state index in [1.54, 1.807) is 4.90 Å². The molecule has 1 saturated heterocycles. The number of hydrogen-bond acceptors (Lipinski definition) is 5.